The minimum absolute atomic E-state index is 0.321. The topological polar surface area (TPSA) is 32.3 Å². The van der Waals surface area contributed by atoms with Crippen molar-refractivity contribution in [2.75, 3.05) is 6.54 Å². The molecule has 0 saturated carbocycles. The quantitative estimate of drug-likeness (QED) is 0.800. The molecule has 3 heteroatoms. The number of hydrogen-bond acceptors (Lipinski definition) is 2. The number of aliphatic hydroxyl groups is 1. The van der Waals surface area contributed by atoms with E-state index >= 15 is 0 Å². The van der Waals surface area contributed by atoms with Crippen molar-refractivity contribution in [1.82, 2.24) is 5.32 Å². The maximum absolute atomic E-state index is 13.4. The Bertz CT molecular complexity index is 343. The van der Waals surface area contributed by atoms with E-state index in [1.807, 2.05) is 0 Å². The SMILES string of the molecule is CCC(C)C(C)NCC(O)c1ccccc1F. The fraction of sp³-hybridized carbons (Fsp3) is 0.571. The Kier molecular flexibility index (Phi) is 5.59. The predicted molar refractivity (Wildman–Crippen MR) is 68.3 cm³/mol. The number of rotatable bonds is 6. The number of hydrogen-bond donors (Lipinski definition) is 2. The zero-order valence-electron chi connectivity index (χ0n) is 10.8. The van der Waals surface area contributed by atoms with Gasteiger partial charge >= 0.3 is 0 Å². The average Bonchev–Trinajstić information content (AvgIpc) is 2.35. The van der Waals surface area contributed by atoms with Crippen molar-refractivity contribution in [3.05, 3.63) is 35.6 Å². The Labute approximate surface area is 103 Å². The molecule has 0 aromatic heterocycles. The van der Waals surface area contributed by atoms with Crippen LogP contribution in [0.4, 0.5) is 4.39 Å². The molecule has 17 heavy (non-hydrogen) atoms. The van der Waals surface area contributed by atoms with E-state index in [0.29, 0.717) is 24.1 Å². The van der Waals surface area contributed by atoms with Gasteiger partial charge in [0.15, 0.2) is 0 Å². The number of benzene rings is 1. The maximum atomic E-state index is 13.4. The van der Waals surface area contributed by atoms with Gasteiger partial charge < -0.3 is 10.4 Å². The Morgan fingerprint density at radius 1 is 1.29 bits per heavy atom. The molecule has 0 aliphatic rings. The first kappa shape index (κ1) is 14.1. The lowest BCUT2D eigenvalue weighted by molar-refractivity contribution is 0.161. The molecule has 0 fully saturated rings. The zero-order valence-corrected chi connectivity index (χ0v) is 10.8. The molecule has 0 radical (unpaired) electrons. The van der Waals surface area contributed by atoms with Gasteiger partial charge in [-0.3, -0.25) is 0 Å². The number of nitrogens with one attached hydrogen (secondary N) is 1. The van der Waals surface area contributed by atoms with Crippen LogP contribution >= 0.6 is 0 Å². The summed E-state index contributed by atoms with van der Waals surface area (Å²) in [5, 5.41) is 13.1. The minimum atomic E-state index is -0.789. The van der Waals surface area contributed by atoms with E-state index in [4.69, 9.17) is 0 Å². The van der Waals surface area contributed by atoms with Gasteiger partial charge in [-0.05, 0) is 18.9 Å². The van der Waals surface area contributed by atoms with Crippen molar-refractivity contribution < 1.29 is 9.50 Å². The predicted octanol–water partition coefficient (Wildman–Crippen LogP) is 2.88. The normalized spacial score (nSPS) is 16.5. The largest absolute Gasteiger partial charge is 0.387 e. The van der Waals surface area contributed by atoms with Gasteiger partial charge in [0, 0.05) is 18.2 Å². The molecule has 1 rings (SSSR count). The van der Waals surface area contributed by atoms with Crippen molar-refractivity contribution in [2.24, 2.45) is 5.92 Å². The van der Waals surface area contributed by atoms with Crippen molar-refractivity contribution in [2.45, 2.75) is 39.3 Å². The third kappa shape index (κ3) is 4.10. The molecule has 1 aromatic carbocycles. The van der Waals surface area contributed by atoms with Crippen LogP contribution < -0.4 is 5.32 Å². The van der Waals surface area contributed by atoms with E-state index in [9.17, 15) is 9.50 Å². The minimum Gasteiger partial charge on any atom is -0.387 e. The van der Waals surface area contributed by atoms with Gasteiger partial charge in [-0.25, -0.2) is 4.39 Å². The van der Waals surface area contributed by atoms with E-state index in [0.717, 1.165) is 6.42 Å². The van der Waals surface area contributed by atoms with Gasteiger partial charge in [0.2, 0.25) is 0 Å². The van der Waals surface area contributed by atoms with Gasteiger partial charge in [0.05, 0.1) is 6.10 Å². The Morgan fingerprint density at radius 2 is 1.94 bits per heavy atom. The number of halogens is 1. The highest BCUT2D eigenvalue weighted by atomic mass is 19.1. The molecule has 3 atom stereocenters. The summed E-state index contributed by atoms with van der Waals surface area (Å²) >= 11 is 0. The smallest absolute Gasteiger partial charge is 0.129 e. The first-order valence-electron chi connectivity index (χ1n) is 6.22. The van der Waals surface area contributed by atoms with Crippen LogP contribution in [-0.2, 0) is 0 Å². The molecule has 0 aliphatic carbocycles. The molecule has 2 nitrogen and oxygen atoms in total. The Hall–Kier alpha value is -0.930. The highest BCUT2D eigenvalue weighted by molar-refractivity contribution is 5.19. The summed E-state index contributed by atoms with van der Waals surface area (Å²) in [4.78, 5) is 0. The molecule has 96 valence electrons. The molecule has 0 heterocycles. The Balaban J connectivity index is 2.50. The second kappa shape index (κ2) is 6.72. The molecule has 0 aliphatic heterocycles. The average molecular weight is 239 g/mol. The van der Waals surface area contributed by atoms with Crippen LogP contribution in [-0.4, -0.2) is 17.7 Å². The zero-order chi connectivity index (χ0) is 12.8. The third-order valence-corrected chi connectivity index (χ3v) is 3.39. The summed E-state index contributed by atoms with van der Waals surface area (Å²) in [5.74, 6) is 0.195. The van der Waals surface area contributed by atoms with Gasteiger partial charge in [0.1, 0.15) is 5.82 Å². The fourth-order valence-corrected chi connectivity index (χ4v) is 1.71. The Morgan fingerprint density at radius 3 is 2.53 bits per heavy atom. The van der Waals surface area contributed by atoms with Crippen molar-refractivity contribution in [3.63, 3.8) is 0 Å². The molecule has 0 bridgehead atoms. The fourth-order valence-electron chi connectivity index (χ4n) is 1.71. The molecule has 0 amide bonds. The lowest BCUT2D eigenvalue weighted by Gasteiger charge is -2.22. The first-order valence-corrected chi connectivity index (χ1v) is 6.22. The summed E-state index contributed by atoms with van der Waals surface area (Å²) in [5.41, 5.74) is 0.358. The molecular formula is C14H22FNO. The van der Waals surface area contributed by atoms with Crippen LogP contribution in [0.5, 0.6) is 0 Å². The van der Waals surface area contributed by atoms with Crippen LogP contribution in [0, 0.1) is 11.7 Å². The summed E-state index contributed by atoms with van der Waals surface area (Å²) < 4.78 is 13.4. The van der Waals surface area contributed by atoms with E-state index in [1.54, 1.807) is 18.2 Å². The van der Waals surface area contributed by atoms with Gasteiger partial charge in [-0.2, -0.15) is 0 Å². The standard InChI is InChI=1S/C14H22FNO/c1-4-10(2)11(3)16-9-14(17)12-7-5-6-8-13(12)15/h5-8,10-11,14,16-17H,4,9H2,1-3H3. The van der Waals surface area contributed by atoms with E-state index in [2.05, 4.69) is 26.1 Å². The second-order valence-corrected chi connectivity index (χ2v) is 4.62. The molecule has 0 saturated heterocycles. The molecular weight excluding hydrogens is 217 g/mol. The van der Waals surface area contributed by atoms with Gasteiger partial charge in [-0.15, -0.1) is 0 Å². The molecule has 0 spiro atoms. The van der Waals surface area contributed by atoms with Crippen LogP contribution in [0.15, 0.2) is 24.3 Å². The first-order chi connectivity index (χ1) is 8.06. The lowest BCUT2D eigenvalue weighted by atomic mass is 10.0. The van der Waals surface area contributed by atoms with Gasteiger partial charge in [-0.1, -0.05) is 38.5 Å². The maximum Gasteiger partial charge on any atom is 0.129 e. The van der Waals surface area contributed by atoms with Crippen LogP contribution in [0.25, 0.3) is 0 Å². The van der Waals surface area contributed by atoms with Crippen molar-refractivity contribution in [1.29, 1.82) is 0 Å². The van der Waals surface area contributed by atoms with E-state index in [-0.39, 0.29) is 5.82 Å². The van der Waals surface area contributed by atoms with Crippen molar-refractivity contribution in [3.8, 4) is 0 Å². The molecule has 2 N–H and O–H groups in total. The van der Waals surface area contributed by atoms with E-state index < -0.39 is 6.10 Å². The van der Waals surface area contributed by atoms with E-state index in [1.165, 1.54) is 6.07 Å². The van der Waals surface area contributed by atoms with Crippen molar-refractivity contribution >= 4 is 0 Å². The van der Waals surface area contributed by atoms with Crippen LogP contribution in [0.1, 0.15) is 38.9 Å². The van der Waals surface area contributed by atoms with Crippen LogP contribution in [0.3, 0.4) is 0 Å². The van der Waals surface area contributed by atoms with Crippen LogP contribution in [0.2, 0.25) is 0 Å². The highest BCUT2D eigenvalue weighted by Gasteiger charge is 2.15. The summed E-state index contributed by atoms with van der Waals surface area (Å²) in [6.45, 7) is 6.76. The number of aliphatic hydroxyl groups excluding tert-OH is 1. The summed E-state index contributed by atoms with van der Waals surface area (Å²) in [7, 11) is 0. The monoisotopic (exact) mass is 239 g/mol. The molecule has 1 aromatic rings. The second-order valence-electron chi connectivity index (χ2n) is 4.62. The highest BCUT2D eigenvalue weighted by Crippen LogP contribution is 2.16. The third-order valence-electron chi connectivity index (χ3n) is 3.39. The summed E-state index contributed by atoms with van der Waals surface area (Å²) in [6.07, 6.45) is 0.298. The molecule has 3 unspecified atom stereocenters. The summed E-state index contributed by atoms with van der Waals surface area (Å²) in [6, 6.07) is 6.67. The lowest BCUT2D eigenvalue weighted by Crippen LogP contribution is -2.35. The van der Waals surface area contributed by atoms with Gasteiger partial charge in [0.25, 0.3) is 0 Å².